The maximum Gasteiger partial charge on any atom is 0.261 e. The number of carbonyl (C=O) groups excluding carboxylic acids is 1. The molecule has 0 spiro atoms. The van der Waals surface area contributed by atoms with Crippen LogP contribution in [0.25, 0.3) is 0 Å². The van der Waals surface area contributed by atoms with Crippen LogP contribution < -0.4 is 10.0 Å². The molecule has 3 rings (SSSR count). The molecule has 0 saturated heterocycles. The monoisotopic (exact) mass is 487 g/mol. The maximum atomic E-state index is 13.3. The van der Waals surface area contributed by atoms with Crippen molar-refractivity contribution in [2.24, 2.45) is 0 Å². The second kappa shape index (κ2) is 10.9. The Morgan fingerprint density at radius 2 is 1.73 bits per heavy atom. The second-order valence-electron chi connectivity index (χ2n) is 6.84. The summed E-state index contributed by atoms with van der Waals surface area (Å²) in [5.41, 5.74) is 2.08. The molecule has 1 amide bonds. The first-order valence-electron chi connectivity index (χ1n) is 9.72. The molecule has 0 radical (unpaired) electrons. The van der Waals surface area contributed by atoms with E-state index in [1.54, 1.807) is 17.8 Å². The second-order valence-corrected chi connectivity index (χ2v) is 9.62. The summed E-state index contributed by atoms with van der Waals surface area (Å²) in [6.45, 7) is 0.419. The first-order valence-corrected chi connectivity index (χ1v) is 12.4. The van der Waals surface area contributed by atoms with Gasteiger partial charge in [-0.05, 0) is 54.1 Å². The average Bonchev–Trinajstić information content (AvgIpc) is 2.81. The van der Waals surface area contributed by atoms with E-state index in [1.807, 2.05) is 18.2 Å². The number of amides is 1. The predicted octanol–water partition coefficient (Wildman–Crippen LogP) is 4.30. The van der Waals surface area contributed by atoms with E-state index in [0.717, 1.165) is 17.7 Å². The number of nitriles is 1. The van der Waals surface area contributed by atoms with E-state index in [2.05, 4.69) is 16.1 Å². The third kappa shape index (κ3) is 6.54. The van der Waals surface area contributed by atoms with Gasteiger partial charge in [0, 0.05) is 29.3 Å². The molecule has 10 heteroatoms. The molecule has 0 atom stereocenters. The number of rotatable bonds is 9. The lowest BCUT2D eigenvalue weighted by Crippen LogP contribution is -2.25. The summed E-state index contributed by atoms with van der Waals surface area (Å²) < 4.78 is 53.3. The Morgan fingerprint density at radius 1 is 1.00 bits per heavy atom. The fourth-order valence-corrected chi connectivity index (χ4v) is 4.76. The van der Waals surface area contributed by atoms with Crippen LogP contribution in [-0.4, -0.2) is 26.6 Å². The molecule has 3 aromatic carbocycles. The van der Waals surface area contributed by atoms with Crippen molar-refractivity contribution in [2.45, 2.75) is 10.6 Å². The average molecular weight is 488 g/mol. The zero-order valence-corrected chi connectivity index (χ0v) is 18.8. The van der Waals surface area contributed by atoms with Crippen molar-refractivity contribution in [2.75, 3.05) is 17.0 Å². The van der Waals surface area contributed by atoms with E-state index >= 15 is 0 Å². The Bertz CT molecular complexity index is 1290. The van der Waals surface area contributed by atoms with E-state index in [-0.39, 0.29) is 11.6 Å². The Kier molecular flexibility index (Phi) is 8.03. The standard InChI is InChI=1S/C23H19F2N3O3S2/c24-21-10-9-20(13-22(21)25)33(30,31)28-19-7-5-16(6-8-19)23(29)27-11-12-32-15-18-4-2-1-3-17(18)14-26/h1-10,13,28H,11-12,15H2,(H,27,29). The fourth-order valence-electron chi connectivity index (χ4n) is 2.82. The lowest BCUT2D eigenvalue weighted by molar-refractivity contribution is 0.0956. The Balaban J connectivity index is 1.49. The molecule has 0 saturated carbocycles. The number of nitrogens with zero attached hydrogens (tertiary/aromatic N) is 1. The van der Waals surface area contributed by atoms with Crippen LogP contribution in [0.2, 0.25) is 0 Å². The van der Waals surface area contributed by atoms with E-state index in [1.165, 1.54) is 24.3 Å². The highest BCUT2D eigenvalue weighted by atomic mass is 32.2. The van der Waals surface area contributed by atoms with E-state index in [4.69, 9.17) is 5.26 Å². The fraction of sp³-hybridized carbons (Fsp3) is 0.130. The molecular weight excluding hydrogens is 468 g/mol. The summed E-state index contributed by atoms with van der Waals surface area (Å²) in [5, 5.41) is 11.9. The van der Waals surface area contributed by atoms with Gasteiger partial charge in [0.05, 0.1) is 16.5 Å². The minimum Gasteiger partial charge on any atom is -0.351 e. The molecule has 3 aromatic rings. The molecule has 0 aliphatic carbocycles. The third-order valence-corrected chi connectivity index (χ3v) is 6.91. The number of thioether (sulfide) groups is 1. The molecule has 0 fully saturated rings. The SMILES string of the molecule is N#Cc1ccccc1CSCCNC(=O)c1ccc(NS(=O)(=O)c2ccc(F)c(F)c2)cc1. The van der Waals surface area contributed by atoms with Crippen molar-refractivity contribution in [1.29, 1.82) is 5.26 Å². The number of benzene rings is 3. The molecule has 170 valence electrons. The smallest absolute Gasteiger partial charge is 0.261 e. The van der Waals surface area contributed by atoms with Crippen molar-refractivity contribution in [3.63, 3.8) is 0 Å². The van der Waals surface area contributed by atoms with Crippen LogP contribution in [0.15, 0.2) is 71.6 Å². The molecule has 0 unspecified atom stereocenters. The quantitative estimate of drug-likeness (QED) is 0.439. The van der Waals surface area contributed by atoms with Crippen LogP contribution in [0, 0.1) is 23.0 Å². The number of sulfonamides is 1. The van der Waals surface area contributed by atoms with Crippen LogP contribution in [0.5, 0.6) is 0 Å². The normalized spacial score (nSPS) is 10.9. The van der Waals surface area contributed by atoms with Gasteiger partial charge in [-0.15, -0.1) is 0 Å². The van der Waals surface area contributed by atoms with Crippen molar-refractivity contribution >= 4 is 33.4 Å². The van der Waals surface area contributed by atoms with Crippen LogP contribution in [-0.2, 0) is 15.8 Å². The molecule has 0 aromatic heterocycles. The minimum atomic E-state index is -4.11. The van der Waals surface area contributed by atoms with Crippen LogP contribution in [0.1, 0.15) is 21.5 Å². The summed E-state index contributed by atoms with van der Waals surface area (Å²) >= 11 is 1.59. The number of nitrogens with one attached hydrogen (secondary N) is 2. The van der Waals surface area contributed by atoms with Gasteiger partial charge < -0.3 is 5.32 Å². The molecule has 2 N–H and O–H groups in total. The first-order chi connectivity index (χ1) is 15.8. The van der Waals surface area contributed by atoms with Gasteiger partial charge in [-0.25, -0.2) is 17.2 Å². The van der Waals surface area contributed by atoms with E-state index < -0.39 is 26.6 Å². The van der Waals surface area contributed by atoms with E-state index in [0.29, 0.717) is 35.2 Å². The van der Waals surface area contributed by atoms with Crippen molar-refractivity contribution in [3.05, 3.63) is 95.1 Å². The lowest BCUT2D eigenvalue weighted by atomic mass is 10.1. The number of hydrogen-bond donors (Lipinski definition) is 2. The highest BCUT2D eigenvalue weighted by Gasteiger charge is 2.17. The number of hydrogen-bond acceptors (Lipinski definition) is 5. The van der Waals surface area contributed by atoms with Gasteiger partial charge >= 0.3 is 0 Å². The van der Waals surface area contributed by atoms with E-state index in [9.17, 15) is 22.0 Å². The number of carbonyl (C=O) groups is 1. The van der Waals surface area contributed by atoms with Gasteiger partial charge in [0.15, 0.2) is 11.6 Å². The zero-order chi connectivity index (χ0) is 23.8. The Morgan fingerprint density at radius 3 is 2.42 bits per heavy atom. The molecule has 0 aliphatic heterocycles. The Hall–Kier alpha value is -3.42. The summed E-state index contributed by atoms with van der Waals surface area (Å²) in [6.07, 6.45) is 0. The van der Waals surface area contributed by atoms with Crippen LogP contribution in [0.4, 0.5) is 14.5 Å². The Labute approximate surface area is 194 Å². The van der Waals surface area contributed by atoms with Crippen molar-refractivity contribution in [3.8, 4) is 6.07 Å². The first kappa shape index (κ1) is 24.2. The minimum absolute atomic E-state index is 0.169. The van der Waals surface area contributed by atoms with Crippen molar-refractivity contribution in [1.82, 2.24) is 5.32 Å². The molecule has 0 heterocycles. The lowest BCUT2D eigenvalue weighted by Gasteiger charge is -2.10. The molecular formula is C23H19F2N3O3S2. The van der Waals surface area contributed by atoms with Gasteiger partial charge in [0.25, 0.3) is 15.9 Å². The number of anilines is 1. The molecule has 0 aliphatic rings. The molecule has 6 nitrogen and oxygen atoms in total. The summed E-state index contributed by atoms with van der Waals surface area (Å²) in [5.74, 6) is -1.42. The van der Waals surface area contributed by atoms with Crippen LogP contribution in [0.3, 0.4) is 0 Å². The maximum absolute atomic E-state index is 13.3. The summed E-state index contributed by atoms with van der Waals surface area (Å²) in [4.78, 5) is 11.9. The molecule has 33 heavy (non-hydrogen) atoms. The van der Waals surface area contributed by atoms with Crippen molar-refractivity contribution < 1.29 is 22.0 Å². The summed E-state index contributed by atoms with van der Waals surface area (Å²) in [6, 6.07) is 17.5. The van der Waals surface area contributed by atoms with Gasteiger partial charge in [-0.1, -0.05) is 18.2 Å². The number of halogens is 2. The largest absolute Gasteiger partial charge is 0.351 e. The zero-order valence-electron chi connectivity index (χ0n) is 17.2. The topological polar surface area (TPSA) is 99.1 Å². The molecule has 0 bridgehead atoms. The highest BCUT2D eigenvalue weighted by molar-refractivity contribution is 7.98. The predicted molar refractivity (Wildman–Crippen MR) is 123 cm³/mol. The third-order valence-electron chi connectivity index (χ3n) is 4.53. The van der Waals surface area contributed by atoms with Gasteiger partial charge in [-0.3, -0.25) is 9.52 Å². The van der Waals surface area contributed by atoms with Gasteiger partial charge in [-0.2, -0.15) is 17.0 Å². The summed E-state index contributed by atoms with van der Waals surface area (Å²) in [7, 11) is -4.11. The van der Waals surface area contributed by atoms with Crippen LogP contribution >= 0.6 is 11.8 Å². The van der Waals surface area contributed by atoms with Gasteiger partial charge in [0.1, 0.15) is 0 Å². The van der Waals surface area contributed by atoms with Gasteiger partial charge in [0.2, 0.25) is 0 Å². The highest BCUT2D eigenvalue weighted by Crippen LogP contribution is 2.19.